The Labute approximate surface area is 223 Å². The number of benzene rings is 2. The van der Waals surface area contributed by atoms with E-state index in [4.69, 9.17) is 24.0 Å². The molecule has 7 heteroatoms. The first-order valence-corrected chi connectivity index (χ1v) is 12.5. The summed E-state index contributed by atoms with van der Waals surface area (Å²) in [7, 11) is 3.19. The maximum absolute atomic E-state index is 13.0. The number of carbonyl (C=O) groups excluding carboxylic acids is 1. The second-order valence-electron chi connectivity index (χ2n) is 10.4. The van der Waals surface area contributed by atoms with Crippen LogP contribution in [0.25, 0.3) is 11.5 Å². The molecule has 0 unspecified atom stereocenters. The average molecular weight is 515 g/mol. The van der Waals surface area contributed by atoms with Gasteiger partial charge in [0.05, 0.1) is 20.5 Å². The van der Waals surface area contributed by atoms with Crippen LogP contribution < -0.4 is 24.6 Å². The molecule has 7 nitrogen and oxygen atoms in total. The summed E-state index contributed by atoms with van der Waals surface area (Å²) in [5.41, 5.74) is 2.85. The molecule has 3 aromatic rings. The number of hydrogen-bond donors (Lipinski definition) is 1. The van der Waals surface area contributed by atoms with Crippen LogP contribution in [-0.4, -0.2) is 31.9 Å². The number of ether oxygens (including phenoxy) is 3. The SMILES string of the molecule is COc1cc2c(cc1OC)=C(Oc1cccc(C(=N)C(=O)Cc3coc(C(C)(C)C)c3)c1C)N=CCC=2C. The fourth-order valence-corrected chi connectivity index (χ4v) is 4.32. The van der Waals surface area contributed by atoms with Crippen molar-refractivity contribution >= 4 is 29.2 Å². The van der Waals surface area contributed by atoms with Crippen LogP contribution in [0, 0.1) is 12.3 Å². The number of carbonyl (C=O) groups is 1. The van der Waals surface area contributed by atoms with E-state index in [2.05, 4.69) is 25.8 Å². The first-order valence-electron chi connectivity index (χ1n) is 12.5. The molecule has 0 bridgehead atoms. The van der Waals surface area contributed by atoms with Crippen molar-refractivity contribution in [2.24, 2.45) is 4.99 Å². The van der Waals surface area contributed by atoms with E-state index < -0.39 is 0 Å². The third-order valence-corrected chi connectivity index (χ3v) is 6.62. The van der Waals surface area contributed by atoms with E-state index in [-0.39, 0.29) is 23.3 Å². The number of hydrogen-bond acceptors (Lipinski definition) is 7. The largest absolute Gasteiger partial charge is 0.493 e. The molecule has 2 heterocycles. The van der Waals surface area contributed by atoms with Gasteiger partial charge in [0.1, 0.15) is 17.2 Å². The standard InChI is InChI=1S/C31H34N2O5/c1-18-11-12-33-30(23-16-27(36-7)26(35-6)15-22(18)23)38-25-10-8-9-21(19(25)2)29(32)24(34)13-20-14-28(37-17-20)31(3,4)5/h8-10,12,14-17,32H,11,13H2,1-7H3. The van der Waals surface area contributed by atoms with Crippen LogP contribution in [0.4, 0.5) is 0 Å². The predicted octanol–water partition coefficient (Wildman–Crippen LogP) is 4.87. The van der Waals surface area contributed by atoms with E-state index in [9.17, 15) is 4.79 Å². The summed E-state index contributed by atoms with van der Waals surface area (Å²) in [6.07, 6.45) is 4.16. The minimum Gasteiger partial charge on any atom is -0.493 e. The summed E-state index contributed by atoms with van der Waals surface area (Å²) >= 11 is 0. The minimum atomic E-state index is -0.293. The second kappa shape index (κ2) is 10.7. The van der Waals surface area contributed by atoms with Crippen molar-refractivity contribution in [2.75, 3.05) is 14.2 Å². The predicted molar refractivity (Wildman–Crippen MR) is 149 cm³/mol. The molecule has 0 spiro atoms. The lowest BCUT2D eigenvalue weighted by atomic mass is 9.92. The Morgan fingerprint density at radius 1 is 1.03 bits per heavy atom. The summed E-state index contributed by atoms with van der Waals surface area (Å²) in [6, 6.07) is 11.0. The van der Waals surface area contributed by atoms with Crippen molar-refractivity contribution in [3.63, 3.8) is 0 Å². The van der Waals surface area contributed by atoms with E-state index >= 15 is 0 Å². The first-order chi connectivity index (χ1) is 18.0. The van der Waals surface area contributed by atoms with E-state index in [1.54, 1.807) is 32.6 Å². The number of furan rings is 1. The maximum atomic E-state index is 13.0. The monoisotopic (exact) mass is 514 g/mol. The highest BCUT2D eigenvalue weighted by Crippen LogP contribution is 2.28. The second-order valence-corrected chi connectivity index (χ2v) is 10.4. The van der Waals surface area contributed by atoms with Crippen molar-refractivity contribution in [3.8, 4) is 17.2 Å². The van der Waals surface area contributed by atoms with Gasteiger partial charge in [-0.25, -0.2) is 4.99 Å². The molecule has 2 aromatic carbocycles. The van der Waals surface area contributed by atoms with Crippen LogP contribution in [-0.2, 0) is 16.6 Å². The van der Waals surface area contributed by atoms with Crippen molar-refractivity contribution in [1.29, 1.82) is 5.41 Å². The van der Waals surface area contributed by atoms with Crippen LogP contribution in [0.15, 0.2) is 52.1 Å². The van der Waals surface area contributed by atoms with E-state index in [0.29, 0.717) is 40.7 Å². The Balaban J connectivity index is 1.68. The fraction of sp³-hybridized carbons (Fsp3) is 0.323. The van der Waals surface area contributed by atoms with E-state index in [0.717, 1.165) is 27.3 Å². The molecule has 0 aliphatic carbocycles. The molecule has 1 aliphatic heterocycles. The molecule has 1 N–H and O–H groups in total. The Hall–Kier alpha value is -4.13. The van der Waals surface area contributed by atoms with Gasteiger partial charge in [0.15, 0.2) is 17.3 Å². The number of rotatable bonds is 8. The minimum absolute atomic E-state index is 0.0724. The van der Waals surface area contributed by atoms with Crippen LogP contribution in [0.1, 0.15) is 56.6 Å². The quantitative estimate of drug-likeness (QED) is 0.433. The molecular formula is C31H34N2O5. The van der Waals surface area contributed by atoms with Gasteiger partial charge in [0.25, 0.3) is 0 Å². The van der Waals surface area contributed by atoms with E-state index in [1.807, 2.05) is 44.3 Å². The summed E-state index contributed by atoms with van der Waals surface area (Å²) in [4.78, 5) is 17.6. The first kappa shape index (κ1) is 26.9. The number of methoxy groups -OCH3 is 2. The molecule has 0 amide bonds. The summed E-state index contributed by atoms with van der Waals surface area (Å²) in [5, 5.41) is 10.4. The molecule has 0 atom stereocenters. The van der Waals surface area contributed by atoms with Gasteiger partial charge in [-0.05, 0) is 48.9 Å². The summed E-state index contributed by atoms with van der Waals surface area (Å²) in [6.45, 7) is 10.0. The van der Waals surface area contributed by atoms with Gasteiger partial charge >= 0.3 is 0 Å². The molecule has 1 aromatic heterocycles. The topological polar surface area (TPSA) is 94.1 Å². The van der Waals surface area contributed by atoms with Crippen molar-refractivity contribution < 1.29 is 23.4 Å². The average Bonchev–Trinajstić information content (AvgIpc) is 3.31. The summed E-state index contributed by atoms with van der Waals surface area (Å²) in [5.74, 6) is 2.64. The van der Waals surface area contributed by atoms with Gasteiger partial charge in [-0.15, -0.1) is 0 Å². The number of fused-ring (bicyclic) bond motifs is 1. The van der Waals surface area contributed by atoms with Crippen LogP contribution >= 0.6 is 0 Å². The van der Waals surface area contributed by atoms with Gasteiger partial charge in [0, 0.05) is 40.8 Å². The lowest BCUT2D eigenvalue weighted by molar-refractivity contribution is -0.112. The van der Waals surface area contributed by atoms with Gasteiger partial charge in [-0.1, -0.05) is 38.5 Å². The van der Waals surface area contributed by atoms with Crippen molar-refractivity contribution in [1.82, 2.24) is 0 Å². The Morgan fingerprint density at radius 2 is 1.71 bits per heavy atom. The highest BCUT2D eigenvalue weighted by atomic mass is 16.5. The molecule has 0 radical (unpaired) electrons. The molecule has 4 rings (SSSR count). The number of nitrogens with one attached hydrogen (secondary N) is 1. The lowest BCUT2D eigenvalue weighted by Gasteiger charge is -2.14. The smallest absolute Gasteiger partial charge is 0.226 e. The van der Waals surface area contributed by atoms with Gasteiger partial charge in [-0.2, -0.15) is 0 Å². The number of aliphatic imine (C=N–C) groups is 1. The Kier molecular flexibility index (Phi) is 7.58. The summed E-state index contributed by atoms with van der Waals surface area (Å²) < 4.78 is 23.0. The molecule has 38 heavy (non-hydrogen) atoms. The normalized spacial score (nSPS) is 13.1. The molecule has 1 aliphatic rings. The Bertz CT molecular complexity index is 1550. The fourth-order valence-electron chi connectivity index (χ4n) is 4.32. The molecule has 0 saturated carbocycles. The van der Waals surface area contributed by atoms with Gasteiger partial charge in [0.2, 0.25) is 5.88 Å². The van der Waals surface area contributed by atoms with Gasteiger partial charge < -0.3 is 18.6 Å². The van der Waals surface area contributed by atoms with Crippen LogP contribution in [0.3, 0.4) is 0 Å². The highest BCUT2D eigenvalue weighted by Gasteiger charge is 2.22. The number of nitrogens with zero attached hydrogens (tertiary/aromatic N) is 1. The third kappa shape index (κ3) is 5.42. The third-order valence-electron chi connectivity index (χ3n) is 6.62. The highest BCUT2D eigenvalue weighted by molar-refractivity contribution is 6.45. The number of Topliss-reactive ketones (excluding diaryl/α,β-unsaturated/α-hetero) is 1. The zero-order valence-corrected chi connectivity index (χ0v) is 23.0. The van der Waals surface area contributed by atoms with Crippen LogP contribution in [0.5, 0.6) is 17.2 Å². The van der Waals surface area contributed by atoms with Crippen LogP contribution in [0.2, 0.25) is 0 Å². The van der Waals surface area contributed by atoms with E-state index in [1.165, 1.54) is 0 Å². The van der Waals surface area contributed by atoms with Gasteiger partial charge in [-0.3, -0.25) is 10.2 Å². The maximum Gasteiger partial charge on any atom is 0.226 e. The Morgan fingerprint density at radius 3 is 2.34 bits per heavy atom. The zero-order chi connectivity index (χ0) is 27.6. The van der Waals surface area contributed by atoms with Crippen molar-refractivity contribution in [3.05, 3.63) is 75.5 Å². The lowest BCUT2D eigenvalue weighted by Crippen LogP contribution is -2.30. The molecule has 0 fully saturated rings. The zero-order valence-electron chi connectivity index (χ0n) is 23.0. The van der Waals surface area contributed by atoms with Crippen molar-refractivity contribution in [2.45, 2.75) is 52.9 Å². The number of ketones is 1. The molecular weight excluding hydrogens is 480 g/mol. The molecule has 198 valence electrons. The molecule has 0 saturated heterocycles.